The van der Waals surface area contributed by atoms with Gasteiger partial charge in [-0.15, -0.1) is 0 Å². The number of rotatable bonds is 5. The minimum atomic E-state index is -4.52. The minimum absolute atomic E-state index is 0.221. The van der Waals surface area contributed by atoms with Gasteiger partial charge in [0.15, 0.2) is 0 Å². The van der Waals surface area contributed by atoms with E-state index in [1.165, 1.54) is 12.1 Å². The zero-order valence-corrected chi connectivity index (χ0v) is 14.1. The number of alkyl halides is 3. The fourth-order valence-corrected chi connectivity index (χ4v) is 2.55. The molecule has 0 saturated heterocycles. The summed E-state index contributed by atoms with van der Waals surface area (Å²) in [5.74, 6) is 0.875. The topological polar surface area (TPSA) is 68.8 Å². The van der Waals surface area contributed by atoms with Crippen molar-refractivity contribution in [1.29, 1.82) is 0 Å². The number of anilines is 3. The van der Waals surface area contributed by atoms with Gasteiger partial charge in [-0.3, -0.25) is 0 Å². The zero-order valence-electron chi connectivity index (χ0n) is 14.1. The second-order valence-corrected chi connectivity index (χ2v) is 5.81. The van der Waals surface area contributed by atoms with Gasteiger partial charge in [-0.25, -0.2) is 4.98 Å². The van der Waals surface area contributed by atoms with Crippen LogP contribution < -0.4 is 11.1 Å². The molecule has 3 rings (SSSR count). The highest BCUT2D eigenvalue weighted by Gasteiger charge is 2.33. The summed E-state index contributed by atoms with van der Waals surface area (Å²) in [7, 11) is 0. The number of aromatic nitrogens is 3. The maximum atomic E-state index is 13.0. The molecular formula is C18H18F3N5. The Morgan fingerprint density at radius 1 is 1.12 bits per heavy atom. The Bertz CT molecular complexity index is 888. The van der Waals surface area contributed by atoms with E-state index in [9.17, 15) is 13.2 Å². The van der Waals surface area contributed by atoms with Crippen LogP contribution in [0.2, 0.25) is 0 Å². The van der Waals surface area contributed by atoms with E-state index < -0.39 is 11.7 Å². The second kappa shape index (κ2) is 7.07. The largest absolute Gasteiger partial charge is 0.418 e. The molecule has 0 amide bonds. The van der Waals surface area contributed by atoms with E-state index in [1.54, 1.807) is 0 Å². The molecule has 0 atom stereocenters. The number of nitrogens with zero attached hydrogens (tertiary/aromatic N) is 3. The standard InChI is InChI=1S/C18H18F3N5/c1-2-5-12-11-16(26-8-3-4-9-26)25-17(23-12)24-13-6-7-15(22)14(10-13)18(19,20)21/h3-4,6-11H,2,5,22H2,1H3,(H,23,24,25). The van der Waals surface area contributed by atoms with Gasteiger partial charge in [0.05, 0.1) is 5.56 Å². The Kier molecular flexibility index (Phi) is 4.83. The maximum absolute atomic E-state index is 13.0. The molecule has 0 radical (unpaired) electrons. The molecule has 5 nitrogen and oxygen atoms in total. The van der Waals surface area contributed by atoms with Gasteiger partial charge in [0.2, 0.25) is 5.95 Å². The smallest absolute Gasteiger partial charge is 0.398 e. The van der Waals surface area contributed by atoms with Crippen LogP contribution in [0.25, 0.3) is 5.82 Å². The first kappa shape index (κ1) is 17.8. The van der Waals surface area contributed by atoms with Crippen LogP contribution in [0.3, 0.4) is 0 Å². The summed E-state index contributed by atoms with van der Waals surface area (Å²) in [5.41, 5.74) is 5.25. The molecule has 0 spiro atoms. The summed E-state index contributed by atoms with van der Waals surface area (Å²) >= 11 is 0. The Morgan fingerprint density at radius 3 is 2.50 bits per heavy atom. The van der Waals surface area contributed by atoms with E-state index in [2.05, 4.69) is 15.3 Å². The summed E-state index contributed by atoms with van der Waals surface area (Å²) in [5, 5.41) is 2.85. The molecule has 0 unspecified atom stereocenters. The lowest BCUT2D eigenvalue weighted by atomic mass is 10.1. The van der Waals surface area contributed by atoms with Crippen molar-refractivity contribution in [1.82, 2.24) is 14.5 Å². The van der Waals surface area contributed by atoms with Crippen LogP contribution >= 0.6 is 0 Å². The molecule has 2 aromatic heterocycles. The summed E-state index contributed by atoms with van der Waals surface area (Å²) in [6, 6.07) is 9.23. The second-order valence-electron chi connectivity index (χ2n) is 5.81. The normalized spacial score (nSPS) is 11.5. The van der Waals surface area contributed by atoms with Crippen LogP contribution in [0.1, 0.15) is 24.6 Å². The van der Waals surface area contributed by atoms with Crippen molar-refractivity contribution in [2.45, 2.75) is 25.9 Å². The molecule has 26 heavy (non-hydrogen) atoms. The van der Waals surface area contributed by atoms with Gasteiger partial charge in [-0.1, -0.05) is 13.3 Å². The molecule has 2 heterocycles. The number of nitrogens with two attached hydrogens (primary N) is 1. The average Bonchev–Trinajstić information content (AvgIpc) is 3.10. The third kappa shape index (κ3) is 3.96. The van der Waals surface area contributed by atoms with E-state index in [1.807, 2.05) is 42.1 Å². The molecule has 0 bridgehead atoms. The minimum Gasteiger partial charge on any atom is -0.398 e. The Hall–Kier alpha value is -3.03. The van der Waals surface area contributed by atoms with E-state index in [0.717, 1.165) is 24.6 Å². The summed E-state index contributed by atoms with van der Waals surface area (Å²) in [6.45, 7) is 2.03. The van der Waals surface area contributed by atoms with Crippen molar-refractivity contribution in [3.05, 3.63) is 60.0 Å². The van der Waals surface area contributed by atoms with Crippen molar-refractivity contribution < 1.29 is 13.2 Å². The number of nitrogen functional groups attached to an aromatic ring is 1. The summed E-state index contributed by atoms with van der Waals surface area (Å²) in [4.78, 5) is 8.79. The molecule has 8 heteroatoms. The van der Waals surface area contributed by atoms with Gasteiger partial charge in [0, 0.05) is 35.5 Å². The summed E-state index contributed by atoms with van der Waals surface area (Å²) < 4.78 is 40.9. The Balaban J connectivity index is 1.97. The number of hydrogen-bond donors (Lipinski definition) is 2. The molecule has 0 fully saturated rings. The maximum Gasteiger partial charge on any atom is 0.418 e. The first-order valence-corrected chi connectivity index (χ1v) is 8.12. The fourth-order valence-electron chi connectivity index (χ4n) is 2.55. The van der Waals surface area contributed by atoms with Crippen molar-refractivity contribution in [3.8, 4) is 5.82 Å². The summed E-state index contributed by atoms with van der Waals surface area (Å²) in [6.07, 6.45) is 0.783. The van der Waals surface area contributed by atoms with Gasteiger partial charge in [0.25, 0.3) is 0 Å². The molecule has 0 aliphatic carbocycles. The Morgan fingerprint density at radius 2 is 1.85 bits per heavy atom. The van der Waals surface area contributed by atoms with Gasteiger partial charge < -0.3 is 15.6 Å². The van der Waals surface area contributed by atoms with Crippen molar-refractivity contribution in [2.75, 3.05) is 11.1 Å². The van der Waals surface area contributed by atoms with E-state index in [0.29, 0.717) is 5.82 Å². The molecule has 1 aromatic carbocycles. The van der Waals surface area contributed by atoms with Gasteiger partial charge in [0.1, 0.15) is 5.82 Å². The quantitative estimate of drug-likeness (QED) is 0.654. The SMILES string of the molecule is CCCc1cc(-n2cccc2)nc(Nc2ccc(N)c(C(F)(F)F)c2)n1. The molecule has 0 aliphatic rings. The van der Waals surface area contributed by atoms with Crippen molar-refractivity contribution in [2.24, 2.45) is 0 Å². The molecule has 0 aliphatic heterocycles. The van der Waals surface area contributed by atoms with E-state index in [-0.39, 0.29) is 17.3 Å². The predicted molar refractivity (Wildman–Crippen MR) is 94.5 cm³/mol. The van der Waals surface area contributed by atoms with Gasteiger partial charge in [-0.2, -0.15) is 18.2 Å². The van der Waals surface area contributed by atoms with Crippen molar-refractivity contribution in [3.63, 3.8) is 0 Å². The molecule has 3 aromatic rings. The number of nitrogens with one attached hydrogen (secondary N) is 1. The lowest BCUT2D eigenvalue weighted by molar-refractivity contribution is -0.136. The van der Waals surface area contributed by atoms with Crippen LogP contribution in [0.15, 0.2) is 48.8 Å². The average molecular weight is 361 g/mol. The predicted octanol–water partition coefficient (Wildman–Crippen LogP) is 4.56. The first-order valence-electron chi connectivity index (χ1n) is 8.12. The highest BCUT2D eigenvalue weighted by Crippen LogP contribution is 2.35. The third-order valence-corrected chi connectivity index (χ3v) is 3.76. The highest BCUT2D eigenvalue weighted by molar-refractivity contribution is 5.62. The monoisotopic (exact) mass is 361 g/mol. The lowest BCUT2D eigenvalue weighted by Crippen LogP contribution is -2.10. The van der Waals surface area contributed by atoms with Crippen LogP contribution in [0.5, 0.6) is 0 Å². The van der Waals surface area contributed by atoms with Crippen LogP contribution in [-0.2, 0) is 12.6 Å². The Labute approximate surface area is 148 Å². The number of halogens is 3. The van der Waals surface area contributed by atoms with E-state index in [4.69, 9.17) is 5.73 Å². The van der Waals surface area contributed by atoms with Gasteiger partial charge >= 0.3 is 6.18 Å². The number of aryl methyl sites for hydroxylation is 1. The molecule has 0 saturated carbocycles. The molecule has 136 valence electrons. The number of benzene rings is 1. The number of hydrogen-bond acceptors (Lipinski definition) is 4. The van der Waals surface area contributed by atoms with Crippen LogP contribution in [-0.4, -0.2) is 14.5 Å². The molecular weight excluding hydrogens is 343 g/mol. The third-order valence-electron chi connectivity index (χ3n) is 3.76. The van der Waals surface area contributed by atoms with Crippen LogP contribution in [0.4, 0.5) is 30.5 Å². The van der Waals surface area contributed by atoms with Crippen molar-refractivity contribution >= 4 is 17.3 Å². The fraction of sp³-hybridized carbons (Fsp3) is 0.222. The van der Waals surface area contributed by atoms with E-state index >= 15 is 0 Å². The lowest BCUT2D eigenvalue weighted by Gasteiger charge is -2.13. The zero-order chi connectivity index (χ0) is 18.7. The first-order chi connectivity index (χ1) is 12.4. The van der Waals surface area contributed by atoms with Gasteiger partial charge in [-0.05, 0) is 36.8 Å². The molecule has 3 N–H and O–H groups in total. The van der Waals surface area contributed by atoms with Crippen LogP contribution in [0, 0.1) is 0 Å². The highest BCUT2D eigenvalue weighted by atomic mass is 19.4.